The molecule has 0 N–H and O–H groups in total. The van der Waals surface area contributed by atoms with E-state index in [1.807, 2.05) is 12.4 Å². The molecule has 2 aromatic heterocycles. The SMILES string of the molecule is CCn1ccnc1-c1ccc2ccn(C)c2c1. The van der Waals surface area contributed by atoms with Crippen LogP contribution in [-0.4, -0.2) is 14.1 Å². The van der Waals surface area contributed by atoms with E-state index in [4.69, 9.17) is 0 Å². The smallest absolute Gasteiger partial charge is 0.139 e. The van der Waals surface area contributed by atoms with Gasteiger partial charge in [-0.25, -0.2) is 4.98 Å². The lowest BCUT2D eigenvalue weighted by Gasteiger charge is -2.05. The van der Waals surface area contributed by atoms with Gasteiger partial charge >= 0.3 is 0 Å². The van der Waals surface area contributed by atoms with E-state index >= 15 is 0 Å². The van der Waals surface area contributed by atoms with Gasteiger partial charge < -0.3 is 9.13 Å². The van der Waals surface area contributed by atoms with Crippen LogP contribution in [0.15, 0.2) is 42.9 Å². The fourth-order valence-corrected chi connectivity index (χ4v) is 2.23. The first-order valence-corrected chi connectivity index (χ1v) is 5.86. The third-order valence-corrected chi connectivity index (χ3v) is 3.20. The molecule has 3 nitrogen and oxygen atoms in total. The first-order chi connectivity index (χ1) is 8.29. The molecule has 0 aliphatic carbocycles. The second-order valence-corrected chi connectivity index (χ2v) is 4.24. The van der Waals surface area contributed by atoms with Crippen molar-refractivity contribution in [3.05, 3.63) is 42.9 Å². The highest BCUT2D eigenvalue weighted by Crippen LogP contribution is 2.23. The largest absolute Gasteiger partial charge is 0.351 e. The van der Waals surface area contributed by atoms with Gasteiger partial charge in [0.25, 0.3) is 0 Å². The number of fused-ring (bicyclic) bond motifs is 1. The Labute approximate surface area is 100 Å². The Balaban J connectivity index is 2.20. The van der Waals surface area contributed by atoms with Crippen LogP contribution in [0.2, 0.25) is 0 Å². The summed E-state index contributed by atoms with van der Waals surface area (Å²) in [7, 11) is 2.07. The lowest BCUT2D eigenvalue weighted by molar-refractivity contribution is 0.771. The summed E-state index contributed by atoms with van der Waals surface area (Å²) >= 11 is 0. The van der Waals surface area contributed by atoms with Gasteiger partial charge in [0.2, 0.25) is 0 Å². The fraction of sp³-hybridized carbons (Fsp3) is 0.214. The first-order valence-electron chi connectivity index (χ1n) is 5.86. The van der Waals surface area contributed by atoms with Crippen LogP contribution in [-0.2, 0) is 13.6 Å². The topological polar surface area (TPSA) is 22.8 Å². The molecule has 2 heterocycles. The predicted molar refractivity (Wildman–Crippen MR) is 69.8 cm³/mol. The molecular weight excluding hydrogens is 210 g/mol. The Morgan fingerprint density at radius 1 is 1.18 bits per heavy atom. The molecule has 0 radical (unpaired) electrons. The van der Waals surface area contributed by atoms with Crippen molar-refractivity contribution in [3.63, 3.8) is 0 Å². The number of benzene rings is 1. The molecule has 3 heteroatoms. The summed E-state index contributed by atoms with van der Waals surface area (Å²) in [6.07, 6.45) is 5.96. The Morgan fingerprint density at radius 2 is 2.06 bits per heavy atom. The summed E-state index contributed by atoms with van der Waals surface area (Å²) in [5, 5.41) is 1.27. The van der Waals surface area contributed by atoms with Gasteiger partial charge in [-0.05, 0) is 24.4 Å². The van der Waals surface area contributed by atoms with Crippen LogP contribution in [0, 0.1) is 0 Å². The van der Waals surface area contributed by atoms with Crippen molar-refractivity contribution in [2.24, 2.45) is 7.05 Å². The summed E-state index contributed by atoms with van der Waals surface area (Å²) < 4.78 is 4.29. The van der Waals surface area contributed by atoms with Crippen LogP contribution >= 0.6 is 0 Å². The van der Waals surface area contributed by atoms with E-state index in [1.165, 1.54) is 16.5 Å². The number of imidazole rings is 1. The van der Waals surface area contributed by atoms with Crippen molar-refractivity contribution in [2.45, 2.75) is 13.5 Å². The molecule has 0 atom stereocenters. The van der Waals surface area contributed by atoms with Gasteiger partial charge in [-0.1, -0.05) is 12.1 Å². The minimum absolute atomic E-state index is 0.945. The maximum absolute atomic E-state index is 4.43. The third kappa shape index (κ3) is 1.55. The Bertz CT molecular complexity index is 661. The molecule has 86 valence electrons. The van der Waals surface area contributed by atoms with Gasteiger partial charge in [-0.15, -0.1) is 0 Å². The fourth-order valence-electron chi connectivity index (χ4n) is 2.23. The minimum Gasteiger partial charge on any atom is -0.351 e. The van der Waals surface area contributed by atoms with Crippen molar-refractivity contribution >= 4 is 10.9 Å². The molecule has 1 aromatic carbocycles. The van der Waals surface area contributed by atoms with Crippen molar-refractivity contribution in [3.8, 4) is 11.4 Å². The molecule has 0 saturated carbocycles. The maximum Gasteiger partial charge on any atom is 0.139 e. The van der Waals surface area contributed by atoms with Gasteiger partial charge in [-0.3, -0.25) is 0 Å². The van der Waals surface area contributed by atoms with Crippen LogP contribution in [0.3, 0.4) is 0 Å². The zero-order valence-electron chi connectivity index (χ0n) is 10.1. The van der Waals surface area contributed by atoms with Crippen LogP contribution in [0.1, 0.15) is 6.92 Å². The average molecular weight is 225 g/mol. The standard InChI is InChI=1S/C14H15N3/c1-3-17-9-7-15-14(17)12-5-4-11-6-8-16(2)13(11)10-12/h4-10H,3H2,1-2H3. The summed E-state index contributed by atoms with van der Waals surface area (Å²) in [6, 6.07) is 8.62. The molecule has 0 fully saturated rings. The zero-order valence-corrected chi connectivity index (χ0v) is 10.1. The molecule has 0 amide bonds. The number of aryl methyl sites for hydroxylation is 2. The molecule has 3 aromatic rings. The Kier molecular flexibility index (Phi) is 2.25. The summed E-state index contributed by atoms with van der Waals surface area (Å²) in [5.74, 6) is 1.04. The van der Waals surface area contributed by atoms with E-state index < -0.39 is 0 Å². The second-order valence-electron chi connectivity index (χ2n) is 4.24. The Morgan fingerprint density at radius 3 is 2.88 bits per heavy atom. The number of hydrogen-bond donors (Lipinski definition) is 0. The van der Waals surface area contributed by atoms with E-state index in [2.05, 4.69) is 58.6 Å². The zero-order chi connectivity index (χ0) is 11.8. The molecule has 0 bridgehead atoms. The van der Waals surface area contributed by atoms with E-state index in [1.54, 1.807) is 0 Å². The van der Waals surface area contributed by atoms with Crippen molar-refractivity contribution in [1.29, 1.82) is 0 Å². The molecule has 0 aliphatic heterocycles. The van der Waals surface area contributed by atoms with E-state index in [0.29, 0.717) is 0 Å². The number of hydrogen-bond acceptors (Lipinski definition) is 1. The highest BCUT2D eigenvalue weighted by molar-refractivity contribution is 5.84. The van der Waals surface area contributed by atoms with Gasteiger partial charge in [0.1, 0.15) is 5.82 Å². The molecule has 17 heavy (non-hydrogen) atoms. The maximum atomic E-state index is 4.43. The van der Waals surface area contributed by atoms with Gasteiger partial charge in [0, 0.05) is 43.3 Å². The molecule has 0 spiro atoms. The lowest BCUT2D eigenvalue weighted by Crippen LogP contribution is -1.96. The van der Waals surface area contributed by atoms with E-state index in [-0.39, 0.29) is 0 Å². The van der Waals surface area contributed by atoms with E-state index in [0.717, 1.165) is 12.4 Å². The van der Waals surface area contributed by atoms with Gasteiger partial charge in [0.05, 0.1) is 0 Å². The molecule has 0 unspecified atom stereocenters. The van der Waals surface area contributed by atoms with Crippen LogP contribution < -0.4 is 0 Å². The van der Waals surface area contributed by atoms with Gasteiger partial charge in [-0.2, -0.15) is 0 Å². The van der Waals surface area contributed by atoms with Crippen LogP contribution in [0.5, 0.6) is 0 Å². The predicted octanol–water partition coefficient (Wildman–Crippen LogP) is 3.06. The highest BCUT2D eigenvalue weighted by atomic mass is 15.1. The molecule has 0 aliphatic rings. The first kappa shape index (κ1) is 10.1. The molecule has 0 saturated heterocycles. The van der Waals surface area contributed by atoms with Crippen molar-refractivity contribution < 1.29 is 0 Å². The van der Waals surface area contributed by atoms with Crippen molar-refractivity contribution in [1.82, 2.24) is 14.1 Å². The quantitative estimate of drug-likeness (QED) is 0.657. The molecule has 3 rings (SSSR count). The average Bonchev–Trinajstić information content (AvgIpc) is 2.96. The minimum atomic E-state index is 0.945. The number of rotatable bonds is 2. The second kappa shape index (κ2) is 3.77. The monoisotopic (exact) mass is 225 g/mol. The lowest BCUT2D eigenvalue weighted by atomic mass is 10.1. The summed E-state index contributed by atoms with van der Waals surface area (Å²) in [5.41, 5.74) is 2.42. The highest BCUT2D eigenvalue weighted by Gasteiger charge is 2.06. The molecular formula is C14H15N3. The summed E-state index contributed by atoms with van der Waals surface area (Å²) in [4.78, 5) is 4.43. The number of aromatic nitrogens is 3. The van der Waals surface area contributed by atoms with Crippen LogP contribution in [0.25, 0.3) is 22.3 Å². The summed E-state index contributed by atoms with van der Waals surface area (Å²) in [6.45, 7) is 3.08. The van der Waals surface area contributed by atoms with Crippen molar-refractivity contribution in [2.75, 3.05) is 0 Å². The van der Waals surface area contributed by atoms with Gasteiger partial charge in [0.15, 0.2) is 0 Å². The Hall–Kier alpha value is -2.03. The van der Waals surface area contributed by atoms with E-state index in [9.17, 15) is 0 Å². The normalized spacial score (nSPS) is 11.2. The third-order valence-electron chi connectivity index (χ3n) is 3.20. The number of nitrogens with zero attached hydrogens (tertiary/aromatic N) is 3. The van der Waals surface area contributed by atoms with Crippen LogP contribution in [0.4, 0.5) is 0 Å².